The maximum absolute atomic E-state index is 13.0. The van der Waals surface area contributed by atoms with E-state index < -0.39 is 11.6 Å². The third-order valence-electron chi connectivity index (χ3n) is 5.62. The van der Waals surface area contributed by atoms with Crippen LogP contribution in [0.4, 0.5) is 4.79 Å². The van der Waals surface area contributed by atoms with Crippen molar-refractivity contribution in [3.63, 3.8) is 0 Å². The van der Waals surface area contributed by atoms with E-state index in [1.165, 1.54) is 11.3 Å². The highest BCUT2D eigenvalue weighted by Gasteiger charge is 2.51. The van der Waals surface area contributed by atoms with E-state index in [-0.39, 0.29) is 24.9 Å². The van der Waals surface area contributed by atoms with Gasteiger partial charge in [-0.2, -0.15) is 0 Å². The molecule has 3 heterocycles. The molecule has 1 saturated heterocycles. The second kappa shape index (κ2) is 8.55. The maximum Gasteiger partial charge on any atom is 0.325 e. The van der Waals surface area contributed by atoms with Crippen LogP contribution in [-0.4, -0.2) is 56.5 Å². The van der Waals surface area contributed by atoms with E-state index in [9.17, 15) is 14.4 Å². The first-order valence-corrected chi connectivity index (χ1v) is 11.2. The van der Waals surface area contributed by atoms with Gasteiger partial charge in [0.05, 0.1) is 11.4 Å². The number of hydrogen-bond acceptors (Lipinski definition) is 7. The van der Waals surface area contributed by atoms with Crippen LogP contribution in [0.5, 0.6) is 0 Å². The Bertz CT molecular complexity index is 920. The molecule has 0 radical (unpaired) electrons. The Balaban J connectivity index is 1.43. The second-order valence-corrected chi connectivity index (χ2v) is 8.71. The Morgan fingerprint density at radius 1 is 1.30 bits per heavy atom. The SMILES string of the molecule is CCCN(Cc1nnc(-c2cccs2)o1)C(=O)CN1C(=O)NC2(CCCCC2)C1=O. The van der Waals surface area contributed by atoms with Crippen molar-refractivity contribution in [2.75, 3.05) is 13.1 Å². The molecule has 10 heteroatoms. The van der Waals surface area contributed by atoms with E-state index in [1.807, 2.05) is 24.4 Å². The summed E-state index contributed by atoms with van der Waals surface area (Å²) in [5, 5.41) is 12.8. The molecule has 1 spiro atoms. The lowest BCUT2D eigenvalue weighted by Gasteiger charge is -2.30. The summed E-state index contributed by atoms with van der Waals surface area (Å²) in [6.07, 6.45) is 4.86. The van der Waals surface area contributed by atoms with Gasteiger partial charge >= 0.3 is 6.03 Å². The number of carbonyl (C=O) groups is 3. The van der Waals surface area contributed by atoms with Crippen molar-refractivity contribution in [2.45, 2.75) is 57.5 Å². The van der Waals surface area contributed by atoms with E-state index in [1.54, 1.807) is 4.90 Å². The zero-order chi connectivity index (χ0) is 21.1. The minimum atomic E-state index is -0.826. The first-order valence-electron chi connectivity index (χ1n) is 10.3. The van der Waals surface area contributed by atoms with Gasteiger partial charge in [0.15, 0.2) is 0 Å². The molecule has 0 unspecified atom stereocenters. The Morgan fingerprint density at radius 2 is 2.10 bits per heavy atom. The fourth-order valence-electron chi connectivity index (χ4n) is 4.09. The van der Waals surface area contributed by atoms with E-state index in [4.69, 9.17) is 4.42 Å². The largest absolute Gasteiger partial charge is 0.418 e. The quantitative estimate of drug-likeness (QED) is 0.675. The lowest BCUT2D eigenvalue weighted by Crippen LogP contribution is -2.49. The van der Waals surface area contributed by atoms with Gasteiger partial charge < -0.3 is 14.6 Å². The van der Waals surface area contributed by atoms with Gasteiger partial charge in [-0.1, -0.05) is 32.3 Å². The van der Waals surface area contributed by atoms with Crippen molar-refractivity contribution >= 4 is 29.2 Å². The predicted molar refractivity (Wildman–Crippen MR) is 109 cm³/mol. The number of carbonyl (C=O) groups excluding carboxylic acids is 3. The molecule has 2 aromatic rings. The first-order chi connectivity index (χ1) is 14.5. The topological polar surface area (TPSA) is 109 Å². The van der Waals surface area contributed by atoms with E-state index in [2.05, 4.69) is 15.5 Å². The maximum atomic E-state index is 13.0. The van der Waals surface area contributed by atoms with Crippen molar-refractivity contribution < 1.29 is 18.8 Å². The Kier molecular flexibility index (Phi) is 5.85. The van der Waals surface area contributed by atoms with Crippen LogP contribution in [0.3, 0.4) is 0 Å². The molecular formula is C20H25N5O4S. The molecular weight excluding hydrogens is 406 g/mol. The average molecular weight is 432 g/mol. The fourth-order valence-corrected chi connectivity index (χ4v) is 4.74. The lowest BCUT2D eigenvalue weighted by molar-refractivity contribution is -0.140. The standard InChI is InChI=1S/C20H25N5O4S/c1-2-10-24(12-15-22-23-17(29-15)14-7-6-11-30-14)16(26)13-25-18(27)20(21-19(25)28)8-4-3-5-9-20/h6-7,11H,2-5,8-10,12-13H2,1H3,(H,21,28). The Labute approximate surface area is 178 Å². The zero-order valence-electron chi connectivity index (χ0n) is 16.9. The minimum Gasteiger partial charge on any atom is -0.418 e. The zero-order valence-corrected chi connectivity index (χ0v) is 17.7. The molecule has 0 bridgehead atoms. The summed E-state index contributed by atoms with van der Waals surface area (Å²) in [5.41, 5.74) is -0.826. The third-order valence-corrected chi connectivity index (χ3v) is 6.48. The summed E-state index contributed by atoms with van der Waals surface area (Å²) in [6.45, 7) is 2.28. The predicted octanol–water partition coefficient (Wildman–Crippen LogP) is 2.79. The summed E-state index contributed by atoms with van der Waals surface area (Å²) in [4.78, 5) is 41.8. The molecule has 4 rings (SSSR count). The molecule has 0 aromatic carbocycles. The Morgan fingerprint density at radius 3 is 2.80 bits per heavy atom. The fraction of sp³-hybridized carbons (Fsp3) is 0.550. The molecule has 160 valence electrons. The molecule has 2 aliphatic rings. The highest BCUT2D eigenvalue weighted by molar-refractivity contribution is 7.13. The summed E-state index contributed by atoms with van der Waals surface area (Å²) in [5.74, 6) is 0.136. The first kappa shape index (κ1) is 20.5. The van der Waals surface area contributed by atoms with Crippen molar-refractivity contribution in [3.05, 3.63) is 23.4 Å². The van der Waals surface area contributed by atoms with Crippen molar-refractivity contribution in [1.29, 1.82) is 0 Å². The van der Waals surface area contributed by atoms with Crippen LogP contribution < -0.4 is 5.32 Å². The number of hydrogen-bond donors (Lipinski definition) is 1. The van der Waals surface area contributed by atoms with Gasteiger partial charge in [0.25, 0.3) is 11.8 Å². The average Bonchev–Trinajstić information content (AvgIpc) is 3.46. The molecule has 1 aliphatic heterocycles. The number of thiophene rings is 1. The summed E-state index contributed by atoms with van der Waals surface area (Å²) < 4.78 is 5.69. The van der Waals surface area contributed by atoms with E-state index >= 15 is 0 Å². The number of nitrogens with one attached hydrogen (secondary N) is 1. The smallest absolute Gasteiger partial charge is 0.325 e. The highest BCUT2D eigenvalue weighted by Crippen LogP contribution is 2.33. The Hall–Kier alpha value is -2.75. The van der Waals surface area contributed by atoms with Gasteiger partial charge in [-0.25, -0.2) is 4.79 Å². The summed E-state index contributed by atoms with van der Waals surface area (Å²) in [7, 11) is 0. The van der Waals surface area contributed by atoms with E-state index in [0.29, 0.717) is 31.2 Å². The molecule has 1 aliphatic carbocycles. The van der Waals surface area contributed by atoms with Crippen LogP contribution in [0.1, 0.15) is 51.3 Å². The molecule has 0 atom stereocenters. The van der Waals surface area contributed by atoms with E-state index in [0.717, 1.165) is 35.5 Å². The normalized spacial score (nSPS) is 18.1. The van der Waals surface area contributed by atoms with Gasteiger partial charge in [-0.3, -0.25) is 14.5 Å². The van der Waals surface area contributed by atoms with Crippen LogP contribution in [0.25, 0.3) is 10.8 Å². The van der Waals surface area contributed by atoms with Gasteiger partial charge in [0, 0.05) is 6.54 Å². The van der Waals surface area contributed by atoms with Crippen LogP contribution >= 0.6 is 11.3 Å². The van der Waals surface area contributed by atoms with Crippen LogP contribution in [0, 0.1) is 0 Å². The number of aromatic nitrogens is 2. The second-order valence-electron chi connectivity index (χ2n) is 7.76. The number of amides is 4. The molecule has 9 nitrogen and oxygen atoms in total. The van der Waals surface area contributed by atoms with Gasteiger partial charge in [0.1, 0.15) is 12.1 Å². The summed E-state index contributed by atoms with van der Waals surface area (Å²) in [6, 6.07) is 3.30. The van der Waals surface area contributed by atoms with Gasteiger partial charge in [0.2, 0.25) is 11.8 Å². The van der Waals surface area contributed by atoms with Crippen LogP contribution in [0.15, 0.2) is 21.9 Å². The third kappa shape index (κ3) is 3.96. The lowest BCUT2D eigenvalue weighted by atomic mass is 9.82. The van der Waals surface area contributed by atoms with Crippen LogP contribution in [0.2, 0.25) is 0 Å². The number of imide groups is 1. The van der Waals surface area contributed by atoms with Gasteiger partial charge in [-0.15, -0.1) is 21.5 Å². The molecule has 2 aromatic heterocycles. The molecule has 2 fully saturated rings. The molecule has 1 saturated carbocycles. The number of nitrogens with zero attached hydrogens (tertiary/aromatic N) is 4. The molecule has 30 heavy (non-hydrogen) atoms. The number of rotatable bonds is 7. The van der Waals surface area contributed by atoms with Crippen LogP contribution in [-0.2, 0) is 16.1 Å². The summed E-state index contributed by atoms with van der Waals surface area (Å²) >= 11 is 1.49. The minimum absolute atomic E-state index is 0.139. The van der Waals surface area contributed by atoms with Crippen molar-refractivity contribution in [3.8, 4) is 10.8 Å². The van der Waals surface area contributed by atoms with Gasteiger partial charge in [-0.05, 0) is 30.7 Å². The molecule has 4 amide bonds. The van der Waals surface area contributed by atoms with Crippen molar-refractivity contribution in [1.82, 2.24) is 25.3 Å². The monoisotopic (exact) mass is 431 g/mol. The molecule has 1 N–H and O–H groups in total. The van der Waals surface area contributed by atoms with Crippen molar-refractivity contribution in [2.24, 2.45) is 0 Å². The number of urea groups is 1. The highest BCUT2D eigenvalue weighted by atomic mass is 32.1.